The van der Waals surface area contributed by atoms with Crippen LogP contribution in [-0.4, -0.2) is 44.7 Å². The predicted octanol–water partition coefficient (Wildman–Crippen LogP) is 3.62. The van der Waals surface area contributed by atoms with E-state index in [4.69, 9.17) is 27.9 Å². The topological polar surface area (TPSA) is 70.7 Å². The molecule has 2 aliphatic heterocycles. The second-order valence-electron chi connectivity index (χ2n) is 7.60. The molecule has 2 aliphatic rings. The molecule has 0 spiro atoms. The quantitative estimate of drug-likeness (QED) is 0.750. The van der Waals surface area contributed by atoms with Gasteiger partial charge in [-0.05, 0) is 48.7 Å². The van der Waals surface area contributed by atoms with E-state index in [-0.39, 0.29) is 18.4 Å². The largest absolute Gasteiger partial charge is 0.381 e. The van der Waals surface area contributed by atoms with E-state index in [0.717, 1.165) is 11.3 Å². The maximum atomic E-state index is 13.4. The van der Waals surface area contributed by atoms with Crippen molar-refractivity contribution >= 4 is 46.4 Å². The van der Waals surface area contributed by atoms with Crippen LogP contribution in [0.25, 0.3) is 0 Å². The number of anilines is 2. The third-order valence-corrected chi connectivity index (χ3v) is 6.28. The van der Waals surface area contributed by atoms with E-state index in [1.807, 2.05) is 35.2 Å². The van der Waals surface area contributed by atoms with Crippen LogP contribution in [-0.2, 0) is 19.7 Å². The molecule has 0 saturated carbocycles. The van der Waals surface area contributed by atoms with Crippen molar-refractivity contribution in [3.8, 4) is 0 Å². The number of piperazine rings is 1. The number of halogens is 2. The highest BCUT2D eigenvalue weighted by molar-refractivity contribution is 6.33. The molecule has 2 heterocycles. The van der Waals surface area contributed by atoms with E-state index in [1.54, 1.807) is 12.1 Å². The summed E-state index contributed by atoms with van der Waals surface area (Å²) < 4.78 is 5.52. The van der Waals surface area contributed by atoms with Crippen LogP contribution in [0.4, 0.5) is 11.4 Å². The summed E-state index contributed by atoms with van der Waals surface area (Å²) in [5, 5.41) is 6.92. The molecule has 0 aromatic heterocycles. The van der Waals surface area contributed by atoms with Gasteiger partial charge >= 0.3 is 0 Å². The molecule has 158 valence electrons. The molecule has 0 unspecified atom stereocenters. The highest BCUT2D eigenvalue weighted by Gasteiger charge is 2.42. The number of hydrogen-bond acceptors (Lipinski definition) is 4. The fourth-order valence-electron chi connectivity index (χ4n) is 4.09. The summed E-state index contributed by atoms with van der Waals surface area (Å²) in [7, 11) is 0. The molecule has 0 aliphatic carbocycles. The predicted molar refractivity (Wildman–Crippen MR) is 118 cm³/mol. The first kappa shape index (κ1) is 21.0. The molecular weight excluding hydrogens is 425 g/mol. The summed E-state index contributed by atoms with van der Waals surface area (Å²) in [6.07, 6.45) is 1.15. The monoisotopic (exact) mass is 447 g/mol. The number of benzene rings is 2. The first-order chi connectivity index (χ1) is 14.5. The first-order valence-corrected chi connectivity index (χ1v) is 10.7. The summed E-state index contributed by atoms with van der Waals surface area (Å²) in [5.41, 5.74) is 1.57. The van der Waals surface area contributed by atoms with Gasteiger partial charge in [0.25, 0.3) is 0 Å². The number of nitrogens with one attached hydrogen (secondary N) is 2. The normalized spacial score (nSPS) is 18.6. The van der Waals surface area contributed by atoms with Crippen LogP contribution in [0.3, 0.4) is 0 Å². The molecule has 0 radical (unpaired) electrons. The Balaban J connectivity index is 1.57. The third-order valence-electron chi connectivity index (χ3n) is 5.74. The van der Waals surface area contributed by atoms with E-state index < -0.39 is 5.41 Å². The SMILES string of the molecule is O=C1CN(c2ccc(NC(=O)C3(c4cccc(Cl)c4)CCOCC3)cc2Cl)CCN1. The minimum Gasteiger partial charge on any atom is -0.381 e. The van der Waals surface area contributed by atoms with Gasteiger partial charge in [-0.15, -0.1) is 0 Å². The van der Waals surface area contributed by atoms with Crippen LogP contribution in [0.2, 0.25) is 10.0 Å². The van der Waals surface area contributed by atoms with Gasteiger partial charge in [-0.2, -0.15) is 0 Å². The lowest BCUT2D eigenvalue weighted by Gasteiger charge is -2.36. The Bertz CT molecular complexity index is 960. The van der Waals surface area contributed by atoms with Gasteiger partial charge in [0.1, 0.15) is 0 Å². The Labute approximate surface area is 185 Å². The minimum atomic E-state index is -0.709. The maximum Gasteiger partial charge on any atom is 0.239 e. The summed E-state index contributed by atoms with van der Waals surface area (Å²) in [5.74, 6) is -0.132. The van der Waals surface area contributed by atoms with Gasteiger partial charge in [-0.3, -0.25) is 9.59 Å². The molecule has 2 amide bonds. The van der Waals surface area contributed by atoms with Crippen molar-refractivity contribution in [2.75, 3.05) is 43.1 Å². The summed E-state index contributed by atoms with van der Waals surface area (Å²) in [6, 6.07) is 12.8. The Morgan fingerprint density at radius 3 is 2.63 bits per heavy atom. The molecule has 2 aromatic rings. The van der Waals surface area contributed by atoms with E-state index in [1.165, 1.54) is 0 Å². The third kappa shape index (κ3) is 4.26. The Kier molecular flexibility index (Phi) is 6.18. The number of amides is 2. The van der Waals surface area contributed by atoms with Crippen LogP contribution in [0.1, 0.15) is 18.4 Å². The molecule has 8 heteroatoms. The van der Waals surface area contributed by atoms with Crippen LogP contribution in [0.5, 0.6) is 0 Å². The lowest BCUT2D eigenvalue weighted by atomic mass is 9.73. The van der Waals surface area contributed by atoms with Crippen molar-refractivity contribution in [1.82, 2.24) is 5.32 Å². The van der Waals surface area contributed by atoms with Gasteiger partial charge in [-0.25, -0.2) is 0 Å². The van der Waals surface area contributed by atoms with Crippen LogP contribution >= 0.6 is 23.2 Å². The lowest BCUT2D eigenvalue weighted by Crippen LogP contribution is -2.47. The average molecular weight is 448 g/mol. The van der Waals surface area contributed by atoms with Crippen LogP contribution in [0, 0.1) is 0 Å². The lowest BCUT2D eigenvalue weighted by molar-refractivity contribution is -0.125. The Hall–Kier alpha value is -2.28. The van der Waals surface area contributed by atoms with Crippen molar-refractivity contribution in [2.45, 2.75) is 18.3 Å². The van der Waals surface area contributed by atoms with E-state index in [0.29, 0.717) is 54.9 Å². The van der Waals surface area contributed by atoms with E-state index >= 15 is 0 Å². The molecule has 30 heavy (non-hydrogen) atoms. The Morgan fingerprint density at radius 2 is 1.93 bits per heavy atom. The van der Waals surface area contributed by atoms with Gasteiger partial charge < -0.3 is 20.3 Å². The number of rotatable bonds is 4. The van der Waals surface area contributed by atoms with Crippen molar-refractivity contribution in [2.24, 2.45) is 0 Å². The fraction of sp³-hybridized carbons (Fsp3) is 0.364. The molecular formula is C22H23Cl2N3O3. The highest BCUT2D eigenvalue weighted by atomic mass is 35.5. The van der Waals surface area contributed by atoms with Crippen molar-refractivity contribution in [3.63, 3.8) is 0 Å². The number of carbonyl (C=O) groups excluding carboxylic acids is 2. The number of hydrogen-bond donors (Lipinski definition) is 2. The van der Waals surface area contributed by atoms with E-state index in [2.05, 4.69) is 10.6 Å². The summed E-state index contributed by atoms with van der Waals surface area (Å²) in [6.45, 7) is 2.56. The molecule has 2 saturated heterocycles. The average Bonchev–Trinajstić information content (AvgIpc) is 2.74. The van der Waals surface area contributed by atoms with Gasteiger partial charge in [0, 0.05) is 37.0 Å². The van der Waals surface area contributed by atoms with E-state index in [9.17, 15) is 9.59 Å². The zero-order valence-corrected chi connectivity index (χ0v) is 17.9. The fourth-order valence-corrected chi connectivity index (χ4v) is 4.58. The second kappa shape index (κ2) is 8.84. The summed E-state index contributed by atoms with van der Waals surface area (Å²) >= 11 is 12.7. The molecule has 4 rings (SSSR count). The highest BCUT2D eigenvalue weighted by Crippen LogP contribution is 2.38. The summed E-state index contributed by atoms with van der Waals surface area (Å²) in [4.78, 5) is 27.0. The van der Waals surface area contributed by atoms with Crippen LogP contribution < -0.4 is 15.5 Å². The van der Waals surface area contributed by atoms with Gasteiger partial charge in [0.2, 0.25) is 11.8 Å². The zero-order chi connectivity index (χ0) is 21.1. The molecule has 2 N–H and O–H groups in total. The molecule has 0 bridgehead atoms. The standard InChI is InChI=1S/C22H23Cl2N3O3/c23-16-3-1-2-15(12-16)22(6-10-30-11-7-22)21(29)26-17-4-5-19(18(24)13-17)27-9-8-25-20(28)14-27/h1-5,12-13H,6-11,14H2,(H,25,28)(H,26,29). The smallest absolute Gasteiger partial charge is 0.239 e. The molecule has 2 fully saturated rings. The zero-order valence-electron chi connectivity index (χ0n) is 16.4. The first-order valence-electron chi connectivity index (χ1n) is 9.94. The van der Waals surface area contributed by atoms with Crippen molar-refractivity contribution in [1.29, 1.82) is 0 Å². The van der Waals surface area contributed by atoms with Gasteiger partial charge in [-0.1, -0.05) is 35.3 Å². The molecule has 6 nitrogen and oxygen atoms in total. The van der Waals surface area contributed by atoms with Crippen molar-refractivity contribution < 1.29 is 14.3 Å². The molecule has 0 atom stereocenters. The number of nitrogens with zero attached hydrogens (tertiary/aromatic N) is 1. The number of ether oxygens (including phenoxy) is 1. The molecule has 2 aromatic carbocycles. The van der Waals surface area contributed by atoms with Crippen molar-refractivity contribution in [3.05, 3.63) is 58.1 Å². The number of carbonyl (C=O) groups is 2. The van der Waals surface area contributed by atoms with Gasteiger partial charge in [0.05, 0.1) is 22.7 Å². The maximum absolute atomic E-state index is 13.4. The van der Waals surface area contributed by atoms with Crippen LogP contribution in [0.15, 0.2) is 42.5 Å². The van der Waals surface area contributed by atoms with Gasteiger partial charge in [0.15, 0.2) is 0 Å². The second-order valence-corrected chi connectivity index (χ2v) is 8.44. The minimum absolute atomic E-state index is 0.0299. The Morgan fingerprint density at radius 1 is 1.13 bits per heavy atom.